The van der Waals surface area contributed by atoms with Gasteiger partial charge in [0.1, 0.15) is 23.1 Å². The number of hydrogen-bond acceptors (Lipinski definition) is 5. The number of amides is 2. The van der Waals surface area contributed by atoms with Crippen LogP contribution in [0.2, 0.25) is 10.0 Å². The minimum absolute atomic E-state index is 0.0748. The molecule has 3 aromatic rings. The predicted molar refractivity (Wildman–Crippen MR) is 132 cm³/mol. The van der Waals surface area contributed by atoms with E-state index >= 15 is 0 Å². The first-order valence-electron chi connectivity index (χ1n) is 9.93. The fourth-order valence-corrected chi connectivity index (χ4v) is 3.14. The summed E-state index contributed by atoms with van der Waals surface area (Å²) in [5.41, 5.74) is 1.43. The number of benzene rings is 3. The molecule has 0 fully saturated rings. The van der Waals surface area contributed by atoms with Gasteiger partial charge in [0.2, 0.25) is 0 Å². The van der Waals surface area contributed by atoms with Crippen molar-refractivity contribution in [1.82, 2.24) is 0 Å². The number of nitriles is 1. The summed E-state index contributed by atoms with van der Waals surface area (Å²) in [6.45, 7) is -0.246. The topological polar surface area (TPSA) is 100 Å². The van der Waals surface area contributed by atoms with E-state index in [0.717, 1.165) is 0 Å². The molecule has 0 bridgehead atoms. The van der Waals surface area contributed by atoms with Crippen LogP contribution in [0.3, 0.4) is 0 Å². The highest BCUT2D eigenvalue weighted by atomic mass is 35.5. The molecule has 0 aliphatic carbocycles. The number of methoxy groups -OCH3 is 1. The number of nitrogens with zero attached hydrogens (tertiary/aromatic N) is 1. The minimum Gasteiger partial charge on any atom is -0.497 e. The maximum Gasteiger partial charge on any atom is 0.266 e. The van der Waals surface area contributed by atoms with Crippen molar-refractivity contribution in [2.45, 2.75) is 0 Å². The van der Waals surface area contributed by atoms with Crippen molar-refractivity contribution in [2.24, 2.45) is 0 Å². The van der Waals surface area contributed by atoms with Gasteiger partial charge in [-0.2, -0.15) is 5.26 Å². The molecular formula is C25H19Cl2N3O4. The van der Waals surface area contributed by atoms with Gasteiger partial charge in [0.05, 0.1) is 17.8 Å². The number of rotatable bonds is 8. The van der Waals surface area contributed by atoms with Crippen molar-refractivity contribution in [3.8, 4) is 17.6 Å². The molecule has 0 heterocycles. The molecule has 0 saturated carbocycles. The highest BCUT2D eigenvalue weighted by Gasteiger charge is 2.11. The summed E-state index contributed by atoms with van der Waals surface area (Å²) in [6, 6.07) is 20.0. The Balaban J connectivity index is 1.59. The fraction of sp³-hybridized carbons (Fsp3) is 0.0800. The Kier molecular flexibility index (Phi) is 8.52. The summed E-state index contributed by atoms with van der Waals surface area (Å²) in [5, 5.41) is 15.5. The molecule has 2 N–H and O–H groups in total. The first-order valence-corrected chi connectivity index (χ1v) is 10.7. The monoisotopic (exact) mass is 495 g/mol. The largest absolute Gasteiger partial charge is 0.497 e. The third kappa shape index (κ3) is 7.01. The van der Waals surface area contributed by atoms with Crippen LogP contribution in [-0.2, 0) is 9.59 Å². The van der Waals surface area contributed by atoms with Crippen LogP contribution in [-0.4, -0.2) is 25.5 Å². The molecule has 0 aromatic heterocycles. The first-order chi connectivity index (χ1) is 16.4. The molecule has 0 saturated heterocycles. The second-order valence-corrected chi connectivity index (χ2v) is 7.73. The van der Waals surface area contributed by atoms with Gasteiger partial charge in [-0.05, 0) is 54.1 Å². The average Bonchev–Trinajstić information content (AvgIpc) is 2.84. The minimum atomic E-state index is -0.549. The van der Waals surface area contributed by atoms with Crippen LogP contribution >= 0.6 is 23.2 Å². The van der Waals surface area contributed by atoms with E-state index in [0.29, 0.717) is 38.5 Å². The highest BCUT2D eigenvalue weighted by Crippen LogP contribution is 2.25. The van der Waals surface area contributed by atoms with Crippen LogP contribution in [0.4, 0.5) is 11.4 Å². The molecule has 3 rings (SSSR count). The van der Waals surface area contributed by atoms with Crippen LogP contribution in [0.5, 0.6) is 11.5 Å². The highest BCUT2D eigenvalue weighted by molar-refractivity contribution is 6.35. The molecule has 7 nitrogen and oxygen atoms in total. The van der Waals surface area contributed by atoms with E-state index in [1.54, 1.807) is 66.7 Å². The number of anilines is 2. The maximum atomic E-state index is 12.5. The maximum absolute atomic E-state index is 12.5. The number of carbonyl (C=O) groups is 2. The Morgan fingerprint density at radius 2 is 1.76 bits per heavy atom. The number of halogens is 2. The molecule has 2 amide bonds. The predicted octanol–water partition coefficient (Wildman–Crippen LogP) is 5.57. The molecule has 0 spiro atoms. The van der Waals surface area contributed by atoms with Crippen molar-refractivity contribution in [3.05, 3.63) is 87.9 Å². The van der Waals surface area contributed by atoms with E-state index in [2.05, 4.69) is 10.6 Å². The van der Waals surface area contributed by atoms with E-state index in [1.807, 2.05) is 6.07 Å². The SMILES string of the molecule is COc1cccc(NC(=O)/C(C#N)=C/c2ccc(OCC(=O)Nc3cc(Cl)ccc3Cl)cc2)c1. The Hall–Kier alpha value is -3.99. The third-order valence-corrected chi connectivity index (χ3v) is 5.02. The molecule has 0 atom stereocenters. The summed E-state index contributed by atoms with van der Waals surface area (Å²) in [5.74, 6) is 0.0607. The van der Waals surface area contributed by atoms with Gasteiger partial charge < -0.3 is 20.1 Å². The van der Waals surface area contributed by atoms with Gasteiger partial charge >= 0.3 is 0 Å². The van der Waals surface area contributed by atoms with Crippen LogP contribution < -0.4 is 20.1 Å². The van der Waals surface area contributed by atoms with Gasteiger partial charge in [0, 0.05) is 16.8 Å². The average molecular weight is 496 g/mol. The lowest BCUT2D eigenvalue weighted by molar-refractivity contribution is -0.118. The van der Waals surface area contributed by atoms with Gasteiger partial charge in [-0.1, -0.05) is 41.4 Å². The van der Waals surface area contributed by atoms with Gasteiger partial charge in [-0.3, -0.25) is 9.59 Å². The number of carbonyl (C=O) groups excluding carboxylic acids is 2. The van der Waals surface area contributed by atoms with Crippen LogP contribution in [0.25, 0.3) is 6.08 Å². The van der Waals surface area contributed by atoms with Crippen molar-refractivity contribution in [3.63, 3.8) is 0 Å². The molecule has 0 aliphatic heterocycles. The summed E-state index contributed by atoms with van der Waals surface area (Å²) in [4.78, 5) is 24.6. The standard InChI is InChI=1S/C25H19Cl2N3O4/c1-33-21-4-2-3-19(13-21)29-25(32)17(14-28)11-16-5-8-20(9-6-16)34-15-24(31)30-23-12-18(26)7-10-22(23)27/h2-13H,15H2,1H3,(H,29,32)(H,30,31)/b17-11+. The molecule has 3 aromatic carbocycles. The van der Waals surface area contributed by atoms with Gasteiger partial charge in [0.25, 0.3) is 11.8 Å². The Labute approximate surface area is 206 Å². The number of nitrogens with one attached hydrogen (secondary N) is 2. The zero-order valence-corrected chi connectivity index (χ0v) is 19.5. The van der Waals surface area contributed by atoms with Crippen molar-refractivity contribution < 1.29 is 19.1 Å². The normalized spacial score (nSPS) is 10.7. The fourth-order valence-electron chi connectivity index (χ4n) is 2.80. The summed E-state index contributed by atoms with van der Waals surface area (Å²) >= 11 is 11.9. The molecule has 0 radical (unpaired) electrons. The quantitative estimate of drug-likeness (QED) is 0.314. The molecule has 0 aliphatic rings. The molecule has 0 unspecified atom stereocenters. The van der Waals surface area contributed by atoms with Crippen molar-refractivity contribution >= 4 is 52.5 Å². The summed E-state index contributed by atoms with van der Waals surface area (Å²) in [6.07, 6.45) is 1.45. The van der Waals surface area contributed by atoms with Crippen LogP contribution in [0.15, 0.2) is 72.3 Å². The Morgan fingerprint density at radius 1 is 1.00 bits per heavy atom. The van der Waals surface area contributed by atoms with Crippen molar-refractivity contribution in [1.29, 1.82) is 5.26 Å². The number of ether oxygens (including phenoxy) is 2. The molecule has 34 heavy (non-hydrogen) atoms. The van der Waals surface area contributed by atoms with E-state index < -0.39 is 11.8 Å². The van der Waals surface area contributed by atoms with E-state index in [1.165, 1.54) is 13.2 Å². The van der Waals surface area contributed by atoms with Crippen LogP contribution in [0.1, 0.15) is 5.56 Å². The number of hydrogen-bond donors (Lipinski definition) is 2. The Bertz CT molecular complexity index is 1270. The van der Waals surface area contributed by atoms with Gasteiger partial charge in [-0.15, -0.1) is 0 Å². The zero-order valence-electron chi connectivity index (χ0n) is 18.0. The zero-order chi connectivity index (χ0) is 24.5. The van der Waals surface area contributed by atoms with Gasteiger partial charge in [-0.25, -0.2) is 0 Å². The molecule has 9 heteroatoms. The lowest BCUT2D eigenvalue weighted by Gasteiger charge is -2.09. The second kappa shape index (κ2) is 11.8. The Morgan fingerprint density at radius 3 is 2.47 bits per heavy atom. The lowest BCUT2D eigenvalue weighted by Crippen LogP contribution is -2.20. The van der Waals surface area contributed by atoms with E-state index in [-0.39, 0.29) is 12.2 Å². The van der Waals surface area contributed by atoms with E-state index in [4.69, 9.17) is 32.7 Å². The molecule has 172 valence electrons. The third-order valence-electron chi connectivity index (χ3n) is 4.46. The smallest absolute Gasteiger partial charge is 0.266 e. The lowest BCUT2D eigenvalue weighted by atomic mass is 10.1. The summed E-state index contributed by atoms with van der Waals surface area (Å²) < 4.78 is 10.6. The first kappa shape index (κ1) is 24.6. The molecular weight excluding hydrogens is 477 g/mol. The second-order valence-electron chi connectivity index (χ2n) is 6.89. The van der Waals surface area contributed by atoms with Gasteiger partial charge in [0.15, 0.2) is 6.61 Å². The van der Waals surface area contributed by atoms with E-state index in [9.17, 15) is 14.9 Å². The van der Waals surface area contributed by atoms with Crippen molar-refractivity contribution in [2.75, 3.05) is 24.4 Å². The van der Waals surface area contributed by atoms with Crippen LogP contribution in [0, 0.1) is 11.3 Å². The summed E-state index contributed by atoms with van der Waals surface area (Å²) in [7, 11) is 1.52.